The summed E-state index contributed by atoms with van der Waals surface area (Å²) in [5.41, 5.74) is 7.14. The highest BCUT2D eigenvalue weighted by molar-refractivity contribution is 6.30. The largest absolute Gasteiger partial charge is 0.289 e. The minimum absolute atomic E-state index is 0.0643. The molecule has 0 radical (unpaired) electrons. The van der Waals surface area contributed by atoms with Crippen molar-refractivity contribution in [2.45, 2.75) is 51.9 Å². The predicted molar refractivity (Wildman–Crippen MR) is 134 cm³/mol. The van der Waals surface area contributed by atoms with Crippen LogP contribution in [0, 0.1) is 0 Å². The third kappa shape index (κ3) is 3.98. The molecule has 0 amide bonds. The number of fused-ring (bicyclic) bond motifs is 2. The lowest BCUT2D eigenvalue weighted by Gasteiger charge is -2.29. The van der Waals surface area contributed by atoms with E-state index in [1.165, 1.54) is 5.56 Å². The number of ketones is 2. The van der Waals surface area contributed by atoms with Crippen LogP contribution in [0.2, 0.25) is 0 Å². The van der Waals surface area contributed by atoms with Crippen LogP contribution in [0.15, 0.2) is 68.8 Å². The van der Waals surface area contributed by atoms with Crippen LogP contribution in [0.1, 0.15) is 79.4 Å². The number of carbonyl (C=O) groups is 2. The molecule has 3 rings (SSSR count). The number of hydrogen-bond donors (Lipinski definition) is 0. The summed E-state index contributed by atoms with van der Waals surface area (Å²) in [4.78, 5) is 27.9. The molecular formula is C30H32O2. The van der Waals surface area contributed by atoms with Crippen molar-refractivity contribution in [3.05, 3.63) is 119 Å². The second-order valence-electron chi connectivity index (χ2n) is 8.24. The summed E-state index contributed by atoms with van der Waals surface area (Å²) in [6.07, 6.45) is 12.5. The zero-order valence-corrected chi connectivity index (χ0v) is 19.1. The maximum Gasteiger partial charge on any atom is 0.195 e. The summed E-state index contributed by atoms with van der Waals surface area (Å²) < 4.78 is 0. The lowest BCUT2D eigenvalue weighted by Crippen LogP contribution is -2.28. The molecule has 0 atom stereocenters. The van der Waals surface area contributed by atoms with Gasteiger partial charge in [-0.1, -0.05) is 55.8 Å². The molecule has 2 aromatic rings. The fourth-order valence-corrected chi connectivity index (χ4v) is 4.90. The van der Waals surface area contributed by atoms with Crippen molar-refractivity contribution < 1.29 is 9.59 Å². The van der Waals surface area contributed by atoms with E-state index in [9.17, 15) is 9.59 Å². The molecule has 0 aliphatic heterocycles. The zero-order chi connectivity index (χ0) is 23.3. The van der Waals surface area contributed by atoms with Gasteiger partial charge in [-0.25, -0.2) is 0 Å². The SMILES string of the molecule is C=CCc1cccc2c1C(=O)c1c(CC=C)c(CC=C)c(CCCC)c(CC=C)c1C2=O. The first kappa shape index (κ1) is 23.4. The zero-order valence-electron chi connectivity index (χ0n) is 19.1. The van der Waals surface area contributed by atoms with Crippen molar-refractivity contribution in [2.75, 3.05) is 0 Å². The van der Waals surface area contributed by atoms with E-state index in [0.717, 1.165) is 41.5 Å². The van der Waals surface area contributed by atoms with Crippen molar-refractivity contribution in [3.8, 4) is 0 Å². The Kier molecular flexibility index (Phi) is 7.58. The molecule has 2 nitrogen and oxygen atoms in total. The summed E-state index contributed by atoms with van der Waals surface area (Å²) >= 11 is 0. The fraction of sp³-hybridized carbons (Fsp3) is 0.267. The Hall–Kier alpha value is -3.26. The van der Waals surface area contributed by atoms with Crippen LogP contribution in [0.5, 0.6) is 0 Å². The minimum Gasteiger partial charge on any atom is -0.289 e. The lowest BCUT2D eigenvalue weighted by molar-refractivity contribution is 0.0977. The van der Waals surface area contributed by atoms with Gasteiger partial charge in [0, 0.05) is 22.3 Å². The molecule has 1 aliphatic carbocycles. The maximum atomic E-state index is 14.0. The number of allylic oxidation sites excluding steroid dienone is 4. The maximum absolute atomic E-state index is 14.0. The van der Waals surface area contributed by atoms with Crippen LogP contribution >= 0.6 is 0 Å². The number of hydrogen-bond acceptors (Lipinski definition) is 2. The summed E-state index contributed by atoms with van der Waals surface area (Å²) in [5, 5.41) is 0. The lowest BCUT2D eigenvalue weighted by atomic mass is 9.72. The monoisotopic (exact) mass is 424 g/mol. The van der Waals surface area contributed by atoms with Crippen LogP contribution in [-0.2, 0) is 32.1 Å². The molecule has 0 N–H and O–H groups in total. The molecule has 0 spiro atoms. The van der Waals surface area contributed by atoms with Gasteiger partial charge in [0.25, 0.3) is 0 Å². The van der Waals surface area contributed by atoms with E-state index in [1.54, 1.807) is 12.1 Å². The standard InChI is InChI=1S/C30H32O2/c1-6-11-18-22-21(14-8-3)23(15-9-4)28-27(24(22)16-10-5)29(31)25-19-12-17-20(13-7-2)26(25)30(28)32/h7-10,12,17,19H,2-6,11,13-16,18H2,1H3. The number of rotatable bonds is 11. The normalized spacial score (nSPS) is 12.2. The van der Waals surface area contributed by atoms with Crippen molar-refractivity contribution >= 4 is 11.6 Å². The molecule has 1 aliphatic rings. The van der Waals surface area contributed by atoms with Gasteiger partial charge < -0.3 is 0 Å². The van der Waals surface area contributed by atoms with Gasteiger partial charge in [0.2, 0.25) is 0 Å². The van der Waals surface area contributed by atoms with Crippen molar-refractivity contribution in [2.24, 2.45) is 0 Å². The average molecular weight is 425 g/mol. The fourth-order valence-electron chi connectivity index (χ4n) is 4.90. The first-order valence-electron chi connectivity index (χ1n) is 11.4. The molecule has 0 fully saturated rings. The van der Waals surface area contributed by atoms with E-state index in [2.05, 4.69) is 33.2 Å². The second-order valence-corrected chi connectivity index (χ2v) is 8.24. The third-order valence-electron chi connectivity index (χ3n) is 6.21. The first-order chi connectivity index (χ1) is 15.5. The van der Waals surface area contributed by atoms with Crippen molar-refractivity contribution in [3.63, 3.8) is 0 Å². The third-order valence-corrected chi connectivity index (χ3v) is 6.21. The quantitative estimate of drug-likeness (QED) is 0.320. The van der Waals surface area contributed by atoms with Gasteiger partial charge in [-0.15, -0.1) is 26.3 Å². The van der Waals surface area contributed by atoms with Crippen LogP contribution in [0.4, 0.5) is 0 Å². The Labute approximate surface area is 192 Å². The van der Waals surface area contributed by atoms with Crippen LogP contribution in [0.3, 0.4) is 0 Å². The number of benzene rings is 2. The molecule has 2 heteroatoms. The van der Waals surface area contributed by atoms with Gasteiger partial charge in [-0.05, 0) is 66.3 Å². The highest BCUT2D eigenvalue weighted by Crippen LogP contribution is 2.39. The van der Waals surface area contributed by atoms with E-state index < -0.39 is 0 Å². The van der Waals surface area contributed by atoms with Crippen LogP contribution < -0.4 is 0 Å². The van der Waals surface area contributed by atoms with E-state index >= 15 is 0 Å². The Morgan fingerprint density at radius 3 is 1.84 bits per heavy atom. The Bertz CT molecular complexity index is 1110. The van der Waals surface area contributed by atoms with Crippen molar-refractivity contribution in [1.29, 1.82) is 0 Å². The van der Waals surface area contributed by atoms with E-state index in [1.807, 2.05) is 30.4 Å². The smallest absolute Gasteiger partial charge is 0.195 e. The molecular weight excluding hydrogens is 392 g/mol. The van der Waals surface area contributed by atoms with Crippen LogP contribution in [-0.4, -0.2) is 11.6 Å². The van der Waals surface area contributed by atoms with Crippen molar-refractivity contribution in [1.82, 2.24) is 0 Å². The number of unbranched alkanes of at least 4 members (excludes halogenated alkanes) is 1. The summed E-state index contributed by atoms with van der Waals surface area (Å²) in [7, 11) is 0. The van der Waals surface area contributed by atoms with E-state index in [-0.39, 0.29) is 11.6 Å². The van der Waals surface area contributed by atoms with Gasteiger partial charge in [0.15, 0.2) is 11.6 Å². The highest BCUT2D eigenvalue weighted by Gasteiger charge is 2.37. The Morgan fingerprint density at radius 1 is 0.688 bits per heavy atom. The highest BCUT2D eigenvalue weighted by atomic mass is 16.1. The van der Waals surface area contributed by atoms with Gasteiger partial charge >= 0.3 is 0 Å². The molecule has 164 valence electrons. The predicted octanol–water partition coefficient (Wildman–Crippen LogP) is 6.72. The molecule has 2 aromatic carbocycles. The summed E-state index contributed by atoms with van der Waals surface area (Å²) in [5.74, 6) is -0.132. The molecule has 0 saturated carbocycles. The van der Waals surface area contributed by atoms with Gasteiger partial charge in [0.1, 0.15) is 0 Å². The molecule has 0 saturated heterocycles. The topological polar surface area (TPSA) is 34.1 Å². The second kappa shape index (κ2) is 10.4. The molecule has 0 heterocycles. The van der Waals surface area contributed by atoms with Gasteiger partial charge in [-0.3, -0.25) is 9.59 Å². The van der Waals surface area contributed by atoms with Gasteiger partial charge in [-0.2, -0.15) is 0 Å². The molecule has 32 heavy (non-hydrogen) atoms. The van der Waals surface area contributed by atoms with Gasteiger partial charge in [0.05, 0.1) is 0 Å². The average Bonchev–Trinajstić information content (AvgIpc) is 2.78. The Balaban J connectivity index is 2.46. The molecule has 0 bridgehead atoms. The summed E-state index contributed by atoms with van der Waals surface area (Å²) in [6, 6.07) is 5.55. The van der Waals surface area contributed by atoms with E-state index in [0.29, 0.717) is 47.9 Å². The van der Waals surface area contributed by atoms with Crippen LogP contribution in [0.25, 0.3) is 0 Å². The van der Waals surface area contributed by atoms with E-state index in [4.69, 9.17) is 0 Å². The molecule has 0 aromatic heterocycles. The number of carbonyl (C=O) groups excluding carboxylic acids is 2. The first-order valence-corrected chi connectivity index (χ1v) is 11.4. The minimum atomic E-state index is -0.0680. The Morgan fingerprint density at radius 2 is 1.25 bits per heavy atom. The molecule has 0 unspecified atom stereocenters. The summed E-state index contributed by atoms with van der Waals surface area (Å²) in [6.45, 7) is 17.8.